The largest absolute Gasteiger partial charge is 0.475 e. The number of allylic oxidation sites excluding steroid dienone is 1. The maximum atomic E-state index is 13.2. The Bertz CT molecular complexity index is 1600. The number of aliphatic imine (C=N–C) groups is 1. The van der Waals surface area contributed by atoms with Crippen LogP contribution in [0.2, 0.25) is 0 Å². The smallest absolute Gasteiger partial charge is 0.267 e. The van der Waals surface area contributed by atoms with E-state index in [2.05, 4.69) is 39.0 Å². The molecule has 4 aromatic rings. The highest BCUT2D eigenvalue weighted by molar-refractivity contribution is 5.91. The van der Waals surface area contributed by atoms with E-state index in [9.17, 15) is 4.79 Å². The highest BCUT2D eigenvalue weighted by Crippen LogP contribution is 2.36. The monoisotopic (exact) mass is 507 g/mol. The molecule has 0 saturated heterocycles. The Balaban J connectivity index is 1.47. The van der Waals surface area contributed by atoms with Crippen LogP contribution >= 0.6 is 0 Å². The molecule has 1 aliphatic heterocycles. The zero-order valence-corrected chi connectivity index (χ0v) is 22.2. The molecule has 38 heavy (non-hydrogen) atoms. The molecule has 194 valence electrons. The zero-order chi connectivity index (χ0) is 26.3. The molecule has 0 amide bonds. The summed E-state index contributed by atoms with van der Waals surface area (Å²) in [5.74, 6) is 0.661. The molecule has 0 radical (unpaired) electrons. The van der Waals surface area contributed by atoms with Gasteiger partial charge in [0, 0.05) is 30.3 Å². The maximum absolute atomic E-state index is 13.2. The van der Waals surface area contributed by atoms with Crippen LogP contribution in [0.25, 0.3) is 28.0 Å². The molecule has 1 aliphatic carbocycles. The number of hydrogen-bond donors (Lipinski definition) is 0. The first-order valence-corrected chi connectivity index (χ1v) is 13.5. The Kier molecular flexibility index (Phi) is 6.22. The first kappa shape index (κ1) is 24.3. The molecule has 3 aromatic heterocycles. The van der Waals surface area contributed by atoms with Crippen molar-refractivity contribution in [1.29, 1.82) is 0 Å². The summed E-state index contributed by atoms with van der Waals surface area (Å²) in [6, 6.07) is 19.4. The number of fused-ring (bicyclic) bond motifs is 1. The van der Waals surface area contributed by atoms with Crippen LogP contribution < -0.4 is 5.56 Å². The van der Waals surface area contributed by atoms with E-state index < -0.39 is 0 Å². The van der Waals surface area contributed by atoms with E-state index >= 15 is 0 Å². The Labute approximate surface area is 222 Å². The van der Waals surface area contributed by atoms with Crippen LogP contribution in [-0.4, -0.2) is 36.9 Å². The van der Waals surface area contributed by atoms with Crippen molar-refractivity contribution < 1.29 is 4.74 Å². The predicted octanol–water partition coefficient (Wildman–Crippen LogP) is 6.25. The minimum atomic E-state index is -0.166. The molecule has 7 nitrogen and oxygen atoms in total. The van der Waals surface area contributed by atoms with Crippen molar-refractivity contribution in [2.45, 2.75) is 70.6 Å². The summed E-state index contributed by atoms with van der Waals surface area (Å²) >= 11 is 0. The molecule has 2 atom stereocenters. The van der Waals surface area contributed by atoms with E-state index in [1.807, 2.05) is 53.2 Å². The van der Waals surface area contributed by atoms with Gasteiger partial charge >= 0.3 is 0 Å². The Morgan fingerprint density at radius 3 is 2.63 bits per heavy atom. The van der Waals surface area contributed by atoms with Crippen molar-refractivity contribution in [2.24, 2.45) is 4.99 Å². The van der Waals surface area contributed by atoms with E-state index in [1.54, 1.807) is 10.7 Å². The number of rotatable bonds is 4. The number of pyridine rings is 1. The van der Waals surface area contributed by atoms with Crippen molar-refractivity contribution in [3.8, 4) is 22.5 Å². The van der Waals surface area contributed by atoms with E-state index in [1.165, 1.54) is 0 Å². The third-order valence-electron chi connectivity index (χ3n) is 7.42. The quantitative estimate of drug-likeness (QED) is 0.327. The van der Waals surface area contributed by atoms with Gasteiger partial charge in [-0.15, -0.1) is 0 Å². The number of benzene rings is 1. The fraction of sp³-hybridized carbons (Fsp3) is 0.355. The lowest BCUT2D eigenvalue weighted by molar-refractivity contribution is 0.147. The second-order valence-electron chi connectivity index (χ2n) is 11.0. The molecule has 4 heterocycles. The molecule has 1 fully saturated rings. The summed E-state index contributed by atoms with van der Waals surface area (Å²) in [4.78, 5) is 18.1. The van der Waals surface area contributed by atoms with Crippen LogP contribution in [-0.2, 0) is 4.74 Å². The van der Waals surface area contributed by atoms with Crippen LogP contribution in [0.1, 0.15) is 58.9 Å². The van der Waals surface area contributed by atoms with Crippen LogP contribution in [0.4, 0.5) is 0 Å². The molecular weight excluding hydrogens is 474 g/mol. The Morgan fingerprint density at radius 1 is 1.00 bits per heavy atom. The number of hydrogen-bond acceptors (Lipinski definition) is 5. The summed E-state index contributed by atoms with van der Waals surface area (Å²) in [6.45, 7) is 6.36. The second-order valence-corrected chi connectivity index (χ2v) is 11.0. The first-order chi connectivity index (χ1) is 18.4. The molecule has 2 aliphatic rings. The topological polar surface area (TPSA) is 73.8 Å². The van der Waals surface area contributed by atoms with Gasteiger partial charge in [-0.2, -0.15) is 10.2 Å². The van der Waals surface area contributed by atoms with Crippen LogP contribution in [0, 0.1) is 0 Å². The molecule has 1 saturated carbocycles. The number of ether oxygens (including phenoxy) is 1. The van der Waals surface area contributed by atoms with Gasteiger partial charge in [0.15, 0.2) is 0 Å². The van der Waals surface area contributed by atoms with Crippen LogP contribution in [0.3, 0.4) is 0 Å². The molecule has 0 spiro atoms. The molecule has 0 N–H and O–H groups in total. The normalized spacial score (nSPS) is 22.3. The first-order valence-electron chi connectivity index (χ1n) is 13.5. The molecule has 7 heteroatoms. The van der Waals surface area contributed by atoms with Gasteiger partial charge in [0.25, 0.3) is 5.56 Å². The van der Waals surface area contributed by atoms with E-state index in [-0.39, 0.29) is 23.2 Å². The van der Waals surface area contributed by atoms with Crippen molar-refractivity contribution in [2.75, 3.05) is 0 Å². The minimum absolute atomic E-state index is 0.104. The van der Waals surface area contributed by atoms with Gasteiger partial charge in [0.05, 0.1) is 34.5 Å². The maximum Gasteiger partial charge on any atom is 0.267 e. The van der Waals surface area contributed by atoms with Gasteiger partial charge in [-0.3, -0.25) is 4.79 Å². The van der Waals surface area contributed by atoms with Gasteiger partial charge in [0.2, 0.25) is 5.90 Å². The molecular formula is C31H33N5O2. The van der Waals surface area contributed by atoms with E-state index in [4.69, 9.17) is 19.9 Å². The third-order valence-corrected chi connectivity index (χ3v) is 7.42. The van der Waals surface area contributed by atoms with Crippen LogP contribution in [0.5, 0.6) is 0 Å². The van der Waals surface area contributed by atoms with Crippen molar-refractivity contribution in [3.63, 3.8) is 0 Å². The van der Waals surface area contributed by atoms with Crippen molar-refractivity contribution >= 4 is 11.4 Å². The van der Waals surface area contributed by atoms with Crippen molar-refractivity contribution in [1.82, 2.24) is 19.4 Å². The fourth-order valence-corrected chi connectivity index (χ4v) is 5.84. The average molecular weight is 508 g/mol. The van der Waals surface area contributed by atoms with Gasteiger partial charge in [0.1, 0.15) is 5.69 Å². The molecule has 0 bridgehead atoms. The van der Waals surface area contributed by atoms with Crippen LogP contribution in [0.15, 0.2) is 88.3 Å². The highest BCUT2D eigenvalue weighted by Gasteiger charge is 2.30. The van der Waals surface area contributed by atoms with Gasteiger partial charge in [-0.05, 0) is 63.8 Å². The Hall–Kier alpha value is -4.00. The molecule has 6 rings (SSSR count). The average Bonchev–Trinajstić information content (AvgIpc) is 3.29. The standard InChI is InChI=1S/C31H33N5O2/c1-21-20-31(2,3)32-27(38-21)19-23-13-7-8-14-25(23)36-28(37)17-16-24(33-36)29-26-15-9-10-18-35(26)34-30(29)22-11-5-4-6-12-22/h4-6,9-12,15-19,21,25H,7-8,13-14,20H2,1-3H3/b23-19+. The summed E-state index contributed by atoms with van der Waals surface area (Å²) in [5.41, 5.74) is 5.32. The highest BCUT2D eigenvalue weighted by atomic mass is 16.5. The SMILES string of the molecule is CC1CC(C)(C)N=C(/C=C2\CCCCC2n2nc(-c3c(-c4ccccc4)nn4ccccc34)ccc2=O)O1. The van der Waals surface area contributed by atoms with Gasteiger partial charge in [-0.1, -0.05) is 42.8 Å². The minimum Gasteiger partial charge on any atom is -0.475 e. The summed E-state index contributed by atoms with van der Waals surface area (Å²) in [6.07, 6.45) is 8.86. The second kappa shape index (κ2) is 9.71. The fourth-order valence-electron chi connectivity index (χ4n) is 5.84. The van der Waals surface area contributed by atoms with Gasteiger partial charge in [-0.25, -0.2) is 14.2 Å². The summed E-state index contributed by atoms with van der Waals surface area (Å²) in [7, 11) is 0. The Morgan fingerprint density at radius 2 is 1.82 bits per heavy atom. The van der Waals surface area contributed by atoms with E-state index in [0.717, 1.165) is 65.7 Å². The lowest BCUT2D eigenvalue weighted by Crippen LogP contribution is -2.34. The van der Waals surface area contributed by atoms with E-state index in [0.29, 0.717) is 5.90 Å². The van der Waals surface area contributed by atoms with Gasteiger partial charge < -0.3 is 4.74 Å². The van der Waals surface area contributed by atoms with Crippen molar-refractivity contribution in [3.05, 3.63) is 88.9 Å². The summed E-state index contributed by atoms with van der Waals surface area (Å²) < 4.78 is 9.63. The summed E-state index contributed by atoms with van der Waals surface area (Å²) in [5, 5.41) is 9.87. The number of aromatic nitrogens is 4. The zero-order valence-electron chi connectivity index (χ0n) is 22.2. The predicted molar refractivity (Wildman–Crippen MR) is 150 cm³/mol. The molecule has 1 aromatic carbocycles. The lowest BCUT2D eigenvalue weighted by Gasteiger charge is -2.32. The molecule has 2 unspecified atom stereocenters. The third kappa shape index (κ3) is 4.69. The lowest BCUT2D eigenvalue weighted by atomic mass is 9.89. The number of nitrogens with zero attached hydrogens (tertiary/aromatic N) is 5.